The molecular weight excluding hydrogens is 257 g/mol. The summed E-state index contributed by atoms with van der Waals surface area (Å²) in [7, 11) is 0. The molecule has 1 heterocycles. The molecule has 0 unspecified atom stereocenters. The minimum Gasteiger partial charge on any atom is -0.467 e. The van der Waals surface area contributed by atoms with Crippen LogP contribution in [0, 0.1) is 5.82 Å². The third kappa shape index (κ3) is 2.22. The van der Waals surface area contributed by atoms with E-state index in [4.69, 9.17) is 4.42 Å². The van der Waals surface area contributed by atoms with Gasteiger partial charge >= 0.3 is 0 Å². The van der Waals surface area contributed by atoms with Gasteiger partial charge in [-0.15, -0.1) is 0 Å². The van der Waals surface area contributed by atoms with Gasteiger partial charge in [-0.1, -0.05) is 18.6 Å². The summed E-state index contributed by atoms with van der Waals surface area (Å²) >= 11 is 0. The zero-order valence-corrected chi connectivity index (χ0v) is 11.1. The normalized spacial score (nSPS) is 16.4. The van der Waals surface area contributed by atoms with Crippen molar-refractivity contribution in [1.82, 2.24) is 5.32 Å². The van der Waals surface area contributed by atoms with E-state index in [0.717, 1.165) is 24.8 Å². The van der Waals surface area contributed by atoms with Gasteiger partial charge in [0.05, 0.1) is 18.2 Å². The largest absolute Gasteiger partial charge is 0.467 e. The Labute approximate surface area is 116 Å². The van der Waals surface area contributed by atoms with E-state index in [1.54, 1.807) is 18.4 Å². The Balaban J connectivity index is 1.76. The second-order valence-electron chi connectivity index (χ2n) is 5.21. The van der Waals surface area contributed by atoms with Crippen LogP contribution in [0.2, 0.25) is 0 Å². The van der Waals surface area contributed by atoms with Gasteiger partial charge in [0, 0.05) is 0 Å². The van der Waals surface area contributed by atoms with Crippen LogP contribution in [0.4, 0.5) is 4.39 Å². The third-order valence-electron chi connectivity index (χ3n) is 4.02. The fourth-order valence-corrected chi connectivity index (χ4v) is 2.71. The summed E-state index contributed by atoms with van der Waals surface area (Å²) < 4.78 is 18.6. The first-order valence-corrected chi connectivity index (χ1v) is 6.77. The molecule has 3 rings (SSSR count). The Morgan fingerprint density at radius 2 is 2.15 bits per heavy atom. The maximum absolute atomic E-state index is 13.4. The molecule has 0 spiro atoms. The van der Waals surface area contributed by atoms with Crippen LogP contribution in [0.1, 0.15) is 30.6 Å². The number of rotatable bonds is 4. The Kier molecular flexibility index (Phi) is 3.30. The summed E-state index contributed by atoms with van der Waals surface area (Å²) in [6.07, 6.45) is 4.10. The van der Waals surface area contributed by atoms with Gasteiger partial charge in [-0.3, -0.25) is 4.79 Å². The van der Waals surface area contributed by atoms with Crippen LogP contribution < -0.4 is 5.32 Å². The molecule has 1 aliphatic carbocycles. The fraction of sp³-hybridized carbons (Fsp3) is 0.312. The fourth-order valence-electron chi connectivity index (χ4n) is 2.71. The van der Waals surface area contributed by atoms with Crippen molar-refractivity contribution < 1.29 is 13.6 Å². The number of nitrogens with one attached hydrogen (secondary N) is 1. The van der Waals surface area contributed by atoms with E-state index in [0.29, 0.717) is 12.3 Å². The molecule has 0 radical (unpaired) electrons. The minimum absolute atomic E-state index is 0.0502. The second kappa shape index (κ2) is 5.12. The van der Waals surface area contributed by atoms with Crippen LogP contribution in [0.25, 0.3) is 0 Å². The molecule has 1 N–H and O–H groups in total. The van der Waals surface area contributed by atoms with Crippen LogP contribution >= 0.6 is 0 Å². The van der Waals surface area contributed by atoms with E-state index in [9.17, 15) is 9.18 Å². The lowest BCUT2D eigenvalue weighted by Crippen LogP contribution is -2.49. The van der Waals surface area contributed by atoms with Crippen molar-refractivity contribution in [2.45, 2.75) is 31.2 Å². The van der Waals surface area contributed by atoms with Gasteiger partial charge in [0.1, 0.15) is 11.6 Å². The average molecular weight is 273 g/mol. The van der Waals surface area contributed by atoms with Gasteiger partial charge in [0.15, 0.2) is 0 Å². The number of furan rings is 1. The van der Waals surface area contributed by atoms with E-state index in [-0.39, 0.29) is 11.7 Å². The van der Waals surface area contributed by atoms with Gasteiger partial charge in [0.25, 0.3) is 0 Å². The van der Waals surface area contributed by atoms with E-state index >= 15 is 0 Å². The van der Waals surface area contributed by atoms with Crippen molar-refractivity contribution in [3.8, 4) is 0 Å². The number of hydrogen-bond acceptors (Lipinski definition) is 2. The second-order valence-corrected chi connectivity index (χ2v) is 5.21. The van der Waals surface area contributed by atoms with Crippen molar-refractivity contribution >= 4 is 5.91 Å². The van der Waals surface area contributed by atoms with Crippen molar-refractivity contribution in [3.05, 3.63) is 59.8 Å². The van der Waals surface area contributed by atoms with Crippen LogP contribution in [-0.4, -0.2) is 5.91 Å². The van der Waals surface area contributed by atoms with Gasteiger partial charge in [-0.05, 0) is 42.7 Å². The Hall–Kier alpha value is -2.10. The first-order valence-electron chi connectivity index (χ1n) is 6.77. The summed E-state index contributed by atoms with van der Waals surface area (Å²) in [5.74, 6) is 0.366. The van der Waals surface area contributed by atoms with Crippen LogP contribution in [-0.2, 0) is 16.8 Å². The van der Waals surface area contributed by atoms with Gasteiger partial charge in [-0.2, -0.15) is 0 Å². The van der Waals surface area contributed by atoms with Gasteiger partial charge in [-0.25, -0.2) is 4.39 Å². The molecule has 2 aromatic rings. The van der Waals surface area contributed by atoms with Crippen molar-refractivity contribution in [2.24, 2.45) is 0 Å². The number of carbonyl (C=O) groups is 1. The molecular formula is C16H16FNO2. The molecule has 1 aliphatic rings. The number of carbonyl (C=O) groups excluding carboxylic acids is 1. The minimum atomic E-state index is -0.575. The predicted octanol–water partition coefficient (Wildman–Crippen LogP) is 3.16. The van der Waals surface area contributed by atoms with E-state index < -0.39 is 5.41 Å². The molecule has 4 heteroatoms. The number of amides is 1. The quantitative estimate of drug-likeness (QED) is 0.929. The lowest BCUT2D eigenvalue weighted by molar-refractivity contribution is -0.130. The average Bonchev–Trinajstić information content (AvgIpc) is 2.88. The molecule has 1 amide bonds. The molecule has 1 fully saturated rings. The zero-order chi connectivity index (χ0) is 14.0. The maximum Gasteiger partial charge on any atom is 0.231 e. The highest BCUT2D eigenvalue weighted by atomic mass is 19.1. The highest BCUT2D eigenvalue weighted by molar-refractivity contribution is 5.89. The van der Waals surface area contributed by atoms with Gasteiger partial charge < -0.3 is 9.73 Å². The predicted molar refractivity (Wildman–Crippen MR) is 72.5 cm³/mol. The molecule has 1 aromatic heterocycles. The highest BCUT2D eigenvalue weighted by Gasteiger charge is 2.45. The zero-order valence-electron chi connectivity index (χ0n) is 11.1. The van der Waals surface area contributed by atoms with E-state index in [1.807, 2.05) is 12.1 Å². The molecule has 20 heavy (non-hydrogen) atoms. The molecule has 1 saturated carbocycles. The molecule has 0 aliphatic heterocycles. The Morgan fingerprint density at radius 3 is 2.75 bits per heavy atom. The molecule has 0 saturated heterocycles. The van der Waals surface area contributed by atoms with Crippen LogP contribution in [0.3, 0.4) is 0 Å². The lowest BCUT2D eigenvalue weighted by atomic mass is 9.64. The Morgan fingerprint density at radius 1 is 1.30 bits per heavy atom. The summed E-state index contributed by atoms with van der Waals surface area (Å²) in [5.41, 5.74) is 0.190. The molecule has 0 atom stereocenters. The van der Waals surface area contributed by atoms with Gasteiger partial charge in [0.2, 0.25) is 5.91 Å². The summed E-state index contributed by atoms with van der Waals surface area (Å²) in [6, 6.07) is 9.95. The maximum atomic E-state index is 13.4. The van der Waals surface area contributed by atoms with Crippen molar-refractivity contribution in [3.63, 3.8) is 0 Å². The van der Waals surface area contributed by atoms with Crippen LogP contribution in [0.15, 0.2) is 47.1 Å². The summed E-state index contributed by atoms with van der Waals surface area (Å²) in [5, 5.41) is 2.89. The first-order chi connectivity index (χ1) is 9.71. The summed E-state index contributed by atoms with van der Waals surface area (Å²) in [6.45, 7) is 0.364. The topological polar surface area (TPSA) is 42.2 Å². The standard InChI is InChI=1S/C16H16FNO2/c17-13-5-1-4-12(10-13)16(7-3-8-16)15(19)18-11-14-6-2-9-20-14/h1-2,4-6,9-10H,3,7-8,11H2,(H,18,19). The molecule has 0 bridgehead atoms. The smallest absolute Gasteiger partial charge is 0.231 e. The highest BCUT2D eigenvalue weighted by Crippen LogP contribution is 2.44. The van der Waals surface area contributed by atoms with Crippen molar-refractivity contribution in [2.75, 3.05) is 0 Å². The first kappa shape index (κ1) is 12.9. The molecule has 1 aromatic carbocycles. The summed E-state index contributed by atoms with van der Waals surface area (Å²) in [4.78, 5) is 12.5. The SMILES string of the molecule is O=C(NCc1ccco1)C1(c2cccc(F)c2)CCC1. The number of hydrogen-bond donors (Lipinski definition) is 1. The number of halogens is 1. The van der Waals surface area contributed by atoms with Crippen LogP contribution in [0.5, 0.6) is 0 Å². The third-order valence-corrected chi connectivity index (χ3v) is 4.02. The molecule has 104 valence electrons. The Bertz CT molecular complexity index is 603. The lowest BCUT2D eigenvalue weighted by Gasteiger charge is -2.40. The van der Waals surface area contributed by atoms with E-state index in [1.165, 1.54) is 12.1 Å². The molecule has 3 nitrogen and oxygen atoms in total. The number of benzene rings is 1. The monoisotopic (exact) mass is 273 g/mol. The van der Waals surface area contributed by atoms with Crippen molar-refractivity contribution in [1.29, 1.82) is 0 Å². The van der Waals surface area contributed by atoms with E-state index in [2.05, 4.69) is 5.32 Å².